The molecule has 0 atom stereocenters. The average Bonchev–Trinajstić information content (AvgIpc) is 2.63. The molecule has 25 heavy (non-hydrogen) atoms. The standard InChI is InChI=1S/C22H20BrNO/c23-20-13-7-8-14-21(20)25-19-15-24(16-19)22(17-9-3-1-4-10-17)18-11-5-2-6-12-18/h1-14,19,22H,15-16H2. The fourth-order valence-electron chi connectivity index (χ4n) is 3.36. The van der Waals surface area contributed by atoms with E-state index in [9.17, 15) is 0 Å². The SMILES string of the molecule is Brc1ccccc1OC1CN(C(c2ccccc2)c2ccccc2)C1. The maximum Gasteiger partial charge on any atom is 0.134 e. The Morgan fingerprint density at radius 3 is 1.84 bits per heavy atom. The number of rotatable bonds is 5. The zero-order valence-electron chi connectivity index (χ0n) is 13.9. The summed E-state index contributed by atoms with van der Waals surface area (Å²) in [5.74, 6) is 0.920. The van der Waals surface area contributed by atoms with Gasteiger partial charge in [-0.1, -0.05) is 72.8 Å². The van der Waals surface area contributed by atoms with Gasteiger partial charge in [-0.2, -0.15) is 0 Å². The van der Waals surface area contributed by atoms with E-state index in [1.165, 1.54) is 11.1 Å². The van der Waals surface area contributed by atoms with Crippen molar-refractivity contribution in [2.24, 2.45) is 0 Å². The number of halogens is 1. The van der Waals surface area contributed by atoms with Crippen LogP contribution in [0.4, 0.5) is 0 Å². The second kappa shape index (κ2) is 7.42. The van der Waals surface area contributed by atoms with Gasteiger partial charge in [0.1, 0.15) is 11.9 Å². The quantitative estimate of drug-likeness (QED) is 0.582. The van der Waals surface area contributed by atoms with Crippen molar-refractivity contribution in [2.45, 2.75) is 12.1 Å². The second-order valence-corrected chi connectivity index (χ2v) is 7.20. The van der Waals surface area contributed by atoms with Gasteiger partial charge in [0.15, 0.2) is 0 Å². The highest BCUT2D eigenvalue weighted by molar-refractivity contribution is 9.10. The van der Waals surface area contributed by atoms with Crippen LogP contribution in [0.2, 0.25) is 0 Å². The van der Waals surface area contributed by atoms with Gasteiger partial charge in [0.25, 0.3) is 0 Å². The molecule has 0 amide bonds. The Kier molecular flexibility index (Phi) is 4.86. The monoisotopic (exact) mass is 393 g/mol. The second-order valence-electron chi connectivity index (χ2n) is 6.35. The van der Waals surface area contributed by atoms with Crippen molar-refractivity contribution in [1.29, 1.82) is 0 Å². The van der Waals surface area contributed by atoms with Gasteiger partial charge < -0.3 is 4.74 Å². The number of likely N-dealkylation sites (tertiary alicyclic amines) is 1. The van der Waals surface area contributed by atoms with E-state index in [0.29, 0.717) is 0 Å². The molecule has 2 nitrogen and oxygen atoms in total. The Morgan fingerprint density at radius 1 is 0.760 bits per heavy atom. The van der Waals surface area contributed by atoms with Crippen molar-refractivity contribution in [3.05, 3.63) is 101 Å². The molecule has 3 aromatic rings. The molecule has 3 aromatic carbocycles. The number of para-hydroxylation sites is 1. The molecule has 0 aliphatic carbocycles. The Labute approximate surface area is 157 Å². The molecule has 1 saturated heterocycles. The van der Waals surface area contributed by atoms with E-state index in [1.807, 2.05) is 24.3 Å². The Balaban J connectivity index is 1.50. The summed E-state index contributed by atoms with van der Waals surface area (Å²) in [5.41, 5.74) is 2.65. The molecule has 0 saturated carbocycles. The molecule has 1 fully saturated rings. The van der Waals surface area contributed by atoms with Crippen LogP contribution in [-0.2, 0) is 0 Å². The highest BCUT2D eigenvalue weighted by atomic mass is 79.9. The molecular formula is C22H20BrNO. The van der Waals surface area contributed by atoms with Gasteiger partial charge in [-0.15, -0.1) is 0 Å². The minimum absolute atomic E-state index is 0.230. The van der Waals surface area contributed by atoms with Crippen LogP contribution < -0.4 is 4.74 Å². The van der Waals surface area contributed by atoms with E-state index in [1.54, 1.807) is 0 Å². The summed E-state index contributed by atoms with van der Waals surface area (Å²) in [4.78, 5) is 2.48. The first kappa shape index (κ1) is 16.4. The molecule has 0 N–H and O–H groups in total. The van der Waals surface area contributed by atoms with Crippen LogP contribution >= 0.6 is 15.9 Å². The molecule has 3 heteroatoms. The minimum Gasteiger partial charge on any atom is -0.487 e. The highest BCUT2D eigenvalue weighted by Gasteiger charge is 2.35. The summed E-state index contributed by atoms with van der Waals surface area (Å²) in [6.45, 7) is 1.85. The lowest BCUT2D eigenvalue weighted by Gasteiger charge is -2.44. The molecule has 0 radical (unpaired) electrons. The van der Waals surface area contributed by atoms with Crippen LogP contribution in [0.3, 0.4) is 0 Å². The summed E-state index contributed by atoms with van der Waals surface area (Å²) < 4.78 is 7.15. The smallest absolute Gasteiger partial charge is 0.134 e. The Morgan fingerprint density at radius 2 is 1.28 bits per heavy atom. The normalized spacial score (nSPS) is 15.1. The van der Waals surface area contributed by atoms with Gasteiger partial charge in [0, 0.05) is 13.1 Å². The maximum atomic E-state index is 6.14. The summed E-state index contributed by atoms with van der Waals surface area (Å²) in [6, 6.07) is 29.7. The van der Waals surface area contributed by atoms with Crippen LogP contribution in [0.15, 0.2) is 89.4 Å². The first-order chi connectivity index (χ1) is 12.3. The number of hydrogen-bond acceptors (Lipinski definition) is 2. The number of nitrogens with zero attached hydrogens (tertiary/aromatic N) is 1. The van der Waals surface area contributed by atoms with Crippen molar-refractivity contribution in [1.82, 2.24) is 4.90 Å². The summed E-state index contributed by atoms with van der Waals surface area (Å²) in [5, 5.41) is 0. The van der Waals surface area contributed by atoms with Gasteiger partial charge >= 0.3 is 0 Å². The van der Waals surface area contributed by atoms with E-state index in [4.69, 9.17) is 4.74 Å². The molecule has 1 aliphatic rings. The Bertz CT molecular complexity index is 776. The molecule has 0 bridgehead atoms. The summed E-state index contributed by atoms with van der Waals surface area (Å²) in [6.07, 6.45) is 0.230. The fourth-order valence-corrected chi connectivity index (χ4v) is 3.74. The average molecular weight is 394 g/mol. The van der Waals surface area contributed by atoms with Crippen LogP contribution in [-0.4, -0.2) is 24.1 Å². The zero-order chi connectivity index (χ0) is 17.1. The first-order valence-corrected chi connectivity index (χ1v) is 9.36. The molecule has 4 rings (SSSR count). The van der Waals surface area contributed by atoms with Crippen molar-refractivity contribution in [2.75, 3.05) is 13.1 Å². The highest BCUT2D eigenvalue weighted by Crippen LogP contribution is 2.34. The van der Waals surface area contributed by atoms with Crippen molar-refractivity contribution in [3.63, 3.8) is 0 Å². The maximum absolute atomic E-state index is 6.14. The third-order valence-electron chi connectivity index (χ3n) is 4.60. The molecule has 1 aliphatic heterocycles. The van der Waals surface area contributed by atoms with Crippen LogP contribution in [0, 0.1) is 0 Å². The first-order valence-electron chi connectivity index (χ1n) is 8.56. The molecule has 1 heterocycles. The van der Waals surface area contributed by atoms with Crippen molar-refractivity contribution >= 4 is 15.9 Å². The predicted molar refractivity (Wildman–Crippen MR) is 105 cm³/mol. The number of ether oxygens (including phenoxy) is 1. The van der Waals surface area contributed by atoms with Gasteiger partial charge in [-0.3, -0.25) is 4.90 Å². The molecule has 0 aromatic heterocycles. The summed E-state index contributed by atoms with van der Waals surface area (Å²) >= 11 is 3.56. The van der Waals surface area contributed by atoms with Crippen LogP contribution in [0.5, 0.6) is 5.75 Å². The Hall–Kier alpha value is -2.10. The lowest BCUT2D eigenvalue weighted by Crippen LogP contribution is -2.55. The topological polar surface area (TPSA) is 12.5 Å². The van der Waals surface area contributed by atoms with Crippen LogP contribution in [0.1, 0.15) is 17.2 Å². The van der Waals surface area contributed by atoms with Crippen molar-refractivity contribution < 1.29 is 4.74 Å². The lowest BCUT2D eigenvalue weighted by atomic mass is 9.94. The van der Waals surface area contributed by atoms with Crippen LogP contribution in [0.25, 0.3) is 0 Å². The predicted octanol–water partition coefficient (Wildman–Crippen LogP) is 5.30. The third-order valence-corrected chi connectivity index (χ3v) is 5.26. The van der Waals surface area contributed by atoms with Crippen molar-refractivity contribution in [3.8, 4) is 5.75 Å². The zero-order valence-corrected chi connectivity index (χ0v) is 15.5. The molecule has 126 valence electrons. The number of benzene rings is 3. The fraction of sp³-hybridized carbons (Fsp3) is 0.182. The van der Waals surface area contributed by atoms with Gasteiger partial charge in [-0.05, 0) is 39.2 Å². The van der Waals surface area contributed by atoms with E-state index >= 15 is 0 Å². The number of hydrogen-bond donors (Lipinski definition) is 0. The summed E-state index contributed by atoms with van der Waals surface area (Å²) in [7, 11) is 0. The van der Waals surface area contributed by atoms with E-state index in [0.717, 1.165) is 23.3 Å². The van der Waals surface area contributed by atoms with E-state index in [-0.39, 0.29) is 12.1 Å². The third kappa shape index (κ3) is 3.63. The molecule has 0 spiro atoms. The largest absolute Gasteiger partial charge is 0.487 e. The van der Waals surface area contributed by atoms with E-state index in [2.05, 4.69) is 81.5 Å². The van der Waals surface area contributed by atoms with Gasteiger partial charge in [0.05, 0.1) is 10.5 Å². The van der Waals surface area contributed by atoms with E-state index < -0.39 is 0 Å². The molecular weight excluding hydrogens is 374 g/mol. The molecule has 0 unspecified atom stereocenters. The van der Waals surface area contributed by atoms with Gasteiger partial charge in [0.2, 0.25) is 0 Å². The van der Waals surface area contributed by atoms with Gasteiger partial charge in [-0.25, -0.2) is 0 Å². The lowest BCUT2D eigenvalue weighted by molar-refractivity contribution is -0.000113. The minimum atomic E-state index is 0.230.